The fourth-order valence-electron chi connectivity index (χ4n) is 1.57. The molecule has 0 amide bonds. The van der Waals surface area contributed by atoms with E-state index in [-0.39, 0.29) is 5.56 Å². The van der Waals surface area contributed by atoms with E-state index < -0.39 is 0 Å². The van der Waals surface area contributed by atoms with Gasteiger partial charge in [-0.25, -0.2) is 0 Å². The van der Waals surface area contributed by atoms with E-state index in [4.69, 9.17) is 4.74 Å². The Kier molecular flexibility index (Phi) is 4.97. The summed E-state index contributed by atoms with van der Waals surface area (Å²) < 4.78 is 5.51. The van der Waals surface area contributed by atoms with Gasteiger partial charge >= 0.3 is 0 Å². The summed E-state index contributed by atoms with van der Waals surface area (Å²) in [7, 11) is 0. The molecule has 2 rings (SSSR count). The zero-order chi connectivity index (χ0) is 13.3. The predicted octanol–water partition coefficient (Wildman–Crippen LogP) is 2.33. The molecule has 0 radical (unpaired) electrons. The Bertz CT molecular complexity index is 620. The molecular formula is C16H15NO2. The Morgan fingerprint density at radius 2 is 2.00 bits per heavy atom. The monoisotopic (exact) mass is 253 g/mol. The lowest BCUT2D eigenvalue weighted by molar-refractivity contribution is 0.126. The van der Waals surface area contributed by atoms with Crippen molar-refractivity contribution in [2.75, 3.05) is 6.61 Å². The van der Waals surface area contributed by atoms with E-state index in [1.54, 1.807) is 12.3 Å². The third-order valence-corrected chi connectivity index (χ3v) is 2.49. The van der Waals surface area contributed by atoms with Crippen molar-refractivity contribution in [1.29, 1.82) is 0 Å². The number of aromatic nitrogens is 1. The molecule has 0 aliphatic rings. The number of hydrogen-bond acceptors (Lipinski definition) is 2. The predicted molar refractivity (Wildman–Crippen MR) is 74.7 cm³/mol. The molecule has 0 spiro atoms. The van der Waals surface area contributed by atoms with Crippen LogP contribution in [0.5, 0.6) is 0 Å². The van der Waals surface area contributed by atoms with Crippen LogP contribution < -0.4 is 5.56 Å². The Morgan fingerprint density at radius 1 is 1.16 bits per heavy atom. The second-order valence-electron chi connectivity index (χ2n) is 4.03. The quantitative estimate of drug-likeness (QED) is 0.671. The summed E-state index contributed by atoms with van der Waals surface area (Å²) in [5, 5.41) is 0. The summed E-state index contributed by atoms with van der Waals surface area (Å²) in [6.07, 6.45) is 2.25. The van der Waals surface area contributed by atoms with Gasteiger partial charge in [0.05, 0.1) is 13.2 Å². The van der Waals surface area contributed by atoms with E-state index >= 15 is 0 Å². The van der Waals surface area contributed by atoms with Crippen molar-refractivity contribution in [1.82, 2.24) is 4.98 Å². The van der Waals surface area contributed by atoms with E-state index in [1.807, 2.05) is 30.3 Å². The van der Waals surface area contributed by atoms with Gasteiger partial charge in [-0.15, -0.1) is 0 Å². The van der Waals surface area contributed by atoms with Crippen molar-refractivity contribution in [3.8, 4) is 11.8 Å². The van der Waals surface area contributed by atoms with Crippen molar-refractivity contribution >= 4 is 0 Å². The third kappa shape index (κ3) is 4.82. The normalized spacial score (nSPS) is 9.68. The standard InChI is InChI=1S/C16H15NO2/c18-16-12-14(9-10-17-16)6-4-5-11-19-13-15-7-2-1-3-8-15/h1-3,7-10,12H,5,11,13H2,(H,17,18). The Labute approximate surface area is 112 Å². The minimum atomic E-state index is -0.132. The van der Waals surface area contributed by atoms with Gasteiger partial charge in [-0.3, -0.25) is 4.79 Å². The van der Waals surface area contributed by atoms with Gasteiger partial charge in [-0.1, -0.05) is 42.2 Å². The summed E-state index contributed by atoms with van der Waals surface area (Å²) in [5.41, 5.74) is 1.75. The Balaban J connectivity index is 1.72. The number of benzene rings is 1. The first-order valence-corrected chi connectivity index (χ1v) is 6.14. The third-order valence-electron chi connectivity index (χ3n) is 2.49. The molecule has 0 atom stereocenters. The minimum absolute atomic E-state index is 0.132. The first kappa shape index (κ1) is 13.1. The minimum Gasteiger partial charge on any atom is -0.376 e. The lowest BCUT2D eigenvalue weighted by Gasteiger charge is -2.01. The molecule has 19 heavy (non-hydrogen) atoms. The maximum absolute atomic E-state index is 11.0. The van der Waals surface area contributed by atoms with Crippen molar-refractivity contribution in [2.24, 2.45) is 0 Å². The molecule has 96 valence electrons. The van der Waals surface area contributed by atoms with Gasteiger partial charge in [0.25, 0.3) is 0 Å². The number of nitrogens with one attached hydrogen (secondary N) is 1. The summed E-state index contributed by atoms with van der Waals surface area (Å²) in [6, 6.07) is 13.3. The fraction of sp³-hybridized carbons (Fsp3) is 0.188. The molecule has 0 aliphatic carbocycles. The number of rotatable bonds is 4. The molecule has 2 aromatic rings. The fourth-order valence-corrected chi connectivity index (χ4v) is 1.57. The smallest absolute Gasteiger partial charge is 0.249 e. The lowest BCUT2D eigenvalue weighted by Crippen LogP contribution is -2.02. The van der Waals surface area contributed by atoms with Crippen LogP contribution in [0.4, 0.5) is 0 Å². The number of pyridine rings is 1. The summed E-state index contributed by atoms with van der Waals surface area (Å²) in [4.78, 5) is 13.6. The van der Waals surface area contributed by atoms with Gasteiger partial charge < -0.3 is 9.72 Å². The van der Waals surface area contributed by atoms with Gasteiger partial charge in [0, 0.05) is 24.2 Å². The van der Waals surface area contributed by atoms with Crippen molar-refractivity contribution < 1.29 is 4.74 Å². The second kappa shape index (κ2) is 7.20. The van der Waals surface area contributed by atoms with Crippen LogP contribution in [0, 0.1) is 11.8 Å². The molecule has 0 saturated carbocycles. The van der Waals surface area contributed by atoms with E-state index in [0.717, 1.165) is 11.1 Å². The van der Waals surface area contributed by atoms with Crippen molar-refractivity contribution in [3.05, 3.63) is 70.1 Å². The number of ether oxygens (including phenoxy) is 1. The Morgan fingerprint density at radius 3 is 2.79 bits per heavy atom. The average Bonchev–Trinajstić information content (AvgIpc) is 2.44. The molecule has 1 aromatic heterocycles. The Hall–Kier alpha value is -2.31. The zero-order valence-electron chi connectivity index (χ0n) is 10.6. The van der Waals surface area contributed by atoms with Gasteiger partial charge in [-0.2, -0.15) is 0 Å². The SMILES string of the molecule is O=c1cc(C#CCCOCc2ccccc2)cc[nH]1. The highest BCUT2D eigenvalue weighted by atomic mass is 16.5. The molecule has 3 heteroatoms. The molecule has 0 fully saturated rings. The molecule has 1 aromatic carbocycles. The highest BCUT2D eigenvalue weighted by Gasteiger charge is 1.90. The van der Waals surface area contributed by atoms with Crippen molar-refractivity contribution in [3.63, 3.8) is 0 Å². The summed E-state index contributed by atoms with van der Waals surface area (Å²) in [5.74, 6) is 5.92. The first-order valence-electron chi connectivity index (χ1n) is 6.14. The van der Waals surface area contributed by atoms with Gasteiger partial charge in [0.1, 0.15) is 0 Å². The largest absolute Gasteiger partial charge is 0.376 e. The highest BCUT2D eigenvalue weighted by Crippen LogP contribution is 2.00. The maximum atomic E-state index is 11.0. The maximum Gasteiger partial charge on any atom is 0.249 e. The van der Waals surface area contributed by atoms with Crippen LogP contribution in [0.25, 0.3) is 0 Å². The van der Waals surface area contributed by atoms with Crippen LogP contribution in [0.15, 0.2) is 53.5 Å². The molecule has 1 heterocycles. The van der Waals surface area contributed by atoms with Crippen LogP contribution in [-0.2, 0) is 11.3 Å². The van der Waals surface area contributed by atoms with Gasteiger partial charge in [0.2, 0.25) is 5.56 Å². The summed E-state index contributed by atoms with van der Waals surface area (Å²) in [6.45, 7) is 1.19. The highest BCUT2D eigenvalue weighted by molar-refractivity contribution is 5.31. The summed E-state index contributed by atoms with van der Waals surface area (Å²) >= 11 is 0. The van der Waals surface area contributed by atoms with Gasteiger partial charge in [-0.05, 0) is 11.6 Å². The molecule has 3 nitrogen and oxygen atoms in total. The van der Waals surface area contributed by atoms with E-state index in [1.165, 1.54) is 6.07 Å². The van der Waals surface area contributed by atoms with E-state index in [0.29, 0.717) is 19.6 Å². The topological polar surface area (TPSA) is 42.1 Å². The molecule has 0 aliphatic heterocycles. The average molecular weight is 253 g/mol. The molecule has 0 bridgehead atoms. The van der Waals surface area contributed by atoms with E-state index in [9.17, 15) is 4.79 Å². The van der Waals surface area contributed by atoms with Crippen molar-refractivity contribution in [2.45, 2.75) is 13.0 Å². The number of H-pyrrole nitrogens is 1. The first-order chi connectivity index (χ1) is 9.34. The van der Waals surface area contributed by atoms with Crippen LogP contribution >= 0.6 is 0 Å². The van der Waals surface area contributed by atoms with Gasteiger partial charge in [0.15, 0.2) is 0 Å². The second-order valence-corrected chi connectivity index (χ2v) is 4.03. The van der Waals surface area contributed by atoms with Crippen LogP contribution in [-0.4, -0.2) is 11.6 Å². The molecule has 0 unspecified atom stereocenters. The van der Waals surface area contributed by atoms with Crippen LogP contribution in [0.3, 0.4) is 0 Å². The lowest BCUT2D eigenvalue weighted by atomic mass is 10.2. The number of hydrogen-bond donors (Lipinski definition) is 1. The molecular weight excluding hydrogens is 238 g/mol. The van der Waals surface area contributed by atoms with E-state index in [2.05, 4.69) is 16.8 Å². The molecule has 1 N–H and O–H groups in total. The zero-order valence-corrected chi connectivity index (χ0v) is 10.6. The van der Waals surface area contributed by atoms with Crippen LogP contribution in [0.1, 0.15) is 17.5 Å². The number of aromatic amines is 1. The molecule has 0 saturated heterocycles. The van der Waals surface area contributed by atoms with Crippen LogP contribution in [0.2, 0.25) is 0 Å².